The highest BCUT2D eigenvalue weighted by atomic mass is 19.4. The van der Waals surface area contributed by atoms with Crippen molar-refractivity contribution >= 4 is 16.7 Å². The standard InChI is InChI=1S/C19H20F3NO2/c20-19(21,22)9-8-18(24)23-10-11-25-16(13-23)12-15-6-3-5-14-4-1-2-7-17(14)15/h1-7,16H,8-13H2/t16-/m1/s1. The van der Waals surface area contributed by atoms with Gasteiger partial charge in [-0.1, -0.05) is 42.5 Å². The largest absolute Gasteiger partial charge is 0.389 e. The van der Waals surface area contributed by atoms with Gasteiger partial charge in [-0.15, -0.1) is 0 Å². The molecule has 1 saturated heterocycles. The molecule has 25 heavy (non-hydrogen) atoms. The first kappa shape index (κ1) is 17.7. The molecule has 0 bridgehead atoms. The van der Waals surface area contributed by atoms with Crippen molar-refractivity contribution in [1.29, 1.82) is 0 Å². The maximum atomic E-state index is 12.3. The van der Waals surface area contributed by atoms with E-state index in [1.54, 1.807) is 0 Å². The Labute approximate surface area is 144 Å². The highest BCUT2D eigenvalue weighted by molar-refractivity contribution is 5.85. The molecular formula is C19H20F3NO2. The molecular weight excluding hydrogens is 331 g/mol. The summed E-state index contributed by atoms with van der Waals surface area (Å²) in [6, 6.07) is 14.1. The van der Waals surface area contributed by atoms with Crippen LogP contribution < -0.4 is 0 Å². The molecule has 1 atom stereocenters. The first-order valence-corrected chi connectivity index (χ1v) is 8.35. The van der Waals surface area contributed by atoms with E-state index in [-0.39, 0.29) is 6.10 Å². The molecule has 0 spiro atoms. The van der Waals surface area contributed by atoms with Crippen molar-refractivity contribution in [2.75, 3.05) is 19.7 Å². The molecule has 1 aliphatic heterocycles. The Kier molecular flexibility index (Phi) is 5.27. The van der Waals surface area contributed by atoms with E-state index in [4.69, 9.17) is 4.74 Å². The van der Waals surface area contributed by atoms with Crippen LogP contribution in [-0.4, -0.2) is 42.8 Å². The topological polar surface area (TPSA) is 29.5 Å². The summed E-state index contributed by atoms with van der Waals surface area (Å²) in [6.45, 7) is 1.04. The number of alkyl halides is 3. The number of benzene rings is 2. The van der Waals surface area contributed by atoms with Gasteiger partial charge in [0.1, 0.15) is 0 Å². The summed E-state index contributed by atoms with van der Waals surface area (Å²) in [5, 5.41) is 2.27. The molecule has 1 aliphatic rings. The SMILES string of the molecule is O=C(CCC(F)(F)F)N1CCO[C@H](Cc2cccc3ccccc23)C1. The summed E-state index contributed by atoms with van der Waals surface area (Å²) in [4.78, 5) is 13.5. The fraction of sp³-hybridized carbons (Fsp3) is 0.421. The number of morpholine rings is 1. The molecule has 2 aromatic rings. The van der Waals surface area contributed by atoms with Crippen LogP contribution in [0.5, 0.6) is 0 Å². The third-order valence-corrected chi connectivity index (χ3v) is 4.44. The van der Waals surface area contributed by atoms with E-state index in [1.165, 1.54) is 4.90 Å². The monoisotopic (exact) mass is 351 g/mol. The number of hydrogen-bond acceptors (Lipinski definition) is 2. The zero-order valence-electron chi connectivity index (χ0n) is 13.8. The number of carbonyl (C=O) groups excluding carboxylic acids is 1. The summed E-state index contributed by atoms with van der Waals surface area (Å²) < 4.78 is 42.6. The van der Waals surface area contributed by atoms with Gasteiger partial charge in [-0.2, -0.15) is 13.2 Å². The average Bonchev–Trinajstić information content (AvgIpc) is 2.60. The lowest BCUT2D eigenvalue weighted by atomic mass is 9.99. The number of carbonyl (C=O) groups is 1. The molecule has 0 radical (unpaired) electrons. The number of fused-ring (bicyclic) bond motifs is 1. The van der Waals surface area contributed by atoms with E-state index >= 15 is 0 Å². The minimum Gasteiger partial charge on any atom is -0.374 e. The first-order valence-electron chi connectivity index (χ1n) is 8.35. The van der Waals surface area contributed by atoms with Crippen LogP contribution >= 0.6 is 0 Å². The van der Waals surface area contributed by atoms with Gasteiger partial charge in [0.2, 0.25) is 5.91 Å². The summed E-state index contributed by atoms with van der Waals surface area (Å²) in [6.07, 6.45) is -5.44. The minimum atomic E-state index is -4.30. The predicted octanol–water partition coefficient (Wildman–Crippen LogP) is 3.95. The Morgan fingerprint density at radius 2 is 1.92 bits per heavy atom. The van der Waals surface area contributed by atoms with Crippen LogP contribution in [0.4, 0.5) is 13.2 Å². The molecule has 0 N–H and O–H groups in total. The fourth-order valence-electron chi connectivity index (χ4n) is 3.19. The Morgan fingerprint density at radius 1 is 1.16 bits per heavy atom. The molecule has 3 nitrogen and oxygen atoms in total. The maximum Gasteiger partial charge on any atom is 0.389 e. The van der Waals surface area contributed by atoms with Crippen LogP contribution in [-0.2, 0) is 16.0 Å². The van der Waals surface area contributed by atoms with Gasteiger partial charge >= 0.3 is 6.18 Å². The Hall–Kier alpha value is -2.08. The lowest BCUT2D eigenvalue weighted by Crippen LogP contribution is -2.46. The molecule has 0 aliphatic carbocycles. The van der Waals surface area contributed by atoms with Gasteiger partial charge in [-0.3, -0.25) is 4.79 Å². The molecule has 1 fully saturated rings. The van der Waals surface area contributed by atoms with Crippen LogP contribution in [0.1, 0.15) is 18.4 Å². The molecule has 0 aromatic heterocycles. The first-order chi connectivity index (χ1) is 11.9. The molecule has 6 heteroatoms. The van der Waals surface area contributed by atoms with Crippen molar-refractivity contribution in [3.05, 3.63) is 48.0 Å². The Bertz CT molecular complexity index is 740. The third kappa shape index (κ3) is 4.72. The zero-order valence-corrected chi connectivity index (χ0v) is 13.8. The van der Waals surface area contributed by atoms with Crippen LogP contribution in [0.3, 0.4) is 0 Å². The van der Waals surface area contributed by atoms with Crippen molar-refractivity contribution in [3.8, 4) is 0 Å². The number of hydrogen-bond donors (Lipinski definition) is 0. The molecule has 0 saturated carbocycles. The van der Waals surface area contributed by atoms with Crippen molar-refractivity contribution in [3.63, 3.8) is 0 Å². The van der Waals surface area contributed by atoms with E-state index < -0.39 is 24.9 Å². The van der Waals surface area contributed by atoms with E-state index in [0.717, 1.165) is 16.3 Å². The van der Waals surface area contributed by atoms with Gasteiger partial charge in [-0.25, -0.2) is 0 Å². The molecule has 1 heterocycles. The van der Waals surface area contributed by atoms with E-state index in [1.807, 2.05) is 42.5 Å². The van der Waals surface area contributed by atoms with Crippen LogP contribution in [0.2, 0.25) is 0 Å². The lowest BCUT2D eigenvalue weighted by Gasteiger charge is -2.33. The summed E-state index contributed by atoms with van der Waals surface area (Å²) in [5.41, 5.74) is 1.12. The summed E-state index contributed by atoms with van der Waals surface area (Å²) in [7, 11) is 0. The molecule has 0 unspecified atom stereocenters. The van der Waals surface area contributed by atoms with Gasteiger partial charge in [0.25, 0.3) is 0 Å². The van der Waals surface area contributed by atoms with Gasteiger partial charge in [0.05, 0.1) is 19.1 Å². The fourth-order valence-corrected chi connectivity index (χ4v) is 3.19. The van der Waals surface area contributed by atoms with Gasteiger partial charge < -0.3 is 9.64 Å². The van der Waals surface area contributed by atoms with Crippen molar-refractivity contribution in [1.82, 2.24) is 4.90 Å². The normalized spacial score (nSPS) is 18.5. The molecule has 2 aromatic carbocycles. The smallest absolute Gasteiger partial charge is 0.374 e. The summed E-state index contributed by atoms with van der Waals surface area (Å²) in [5.74, 6) is -0.455. The number of nitrogens with zero attached hydrogens (tertiary/aromatic N) is 1. The van der Waals surface area contributed by atoms with E-state index in [9.17, 15) is 18.0 Å². The lowest BCUT2D eigenvalue weighted by molar-refractivity contribution is -0.153. The average molecular weight is 351 g/mol. The van der Waals surface area contributed by atoms with Gasteiger partial charge in [-0.05, 0) is 16.3 Å². The van der Waals surface area contributed by atoms with Gasteiger partial charge in [0, 0.05) is 25.9 Å². The molecule has 3 rings (SSSR count). The van der Waals surface area contributed by atoms with Crippen LogP contribution in [0.25, 0.3) is 10.8 Å². The highest BCUT2D eigenvalue weighted by Crippen LogP contribution is 2.24. The number of ether oxygens (including phenoxy) is 1. The molecule has 134 valence electrons. The predicted molar refractivity (Wildman–Crippen MR) is 89.3 cm³/mol. The van der Waals surface area contributed by atoms with E-state index in [0.29, 0.717) is 26.1 Å². The number of rotatable bonds is 4. The zero-order chi connectivity index (χ0) is 17.9. The van der Waals surface area contributed by atoms with Crippen LogP contribution in [0, 0.1) is 0 Å². The second-order valence-electron chi connectivity index (χ2n) is 6.29. The minimum absolute atomic E-state index is 0.200. The third-order valence-electron chi connectivity index (χ3n) is 4.44. The summed E-state index contributed by atoms with van der Waals surface area (Å²) >= 11 is 0. The highest BCUT2D eigenvalue weighted by Gasteiger charge is 2.31. The van der Waals surface area contributed by atoms with Crippen molar-refractivity contribution in [2.24, 2.45) is 0 Å². The second-order valence-corrected chi connectivity index (χ2v) is 6.29. The number of halogens is 3. The Balaban J connectivity index is 1.64. The van der Waals surface area contributed by atoms with Gasteiger partial charge in [0.15, 0.2) is 0 Å². The second kappa shape index (κ2) is 7.44. The Morgan fingerprint density at radius 3 is 2.72 bits per heavy atom. The quantitative estimate of drug-likeness (QED) is 0.835. The number of amides is 1. The van der Waals surface area contributed by atoms with E-state index in [2.05, 4.69) is 0 Å². The van der Waals surface area contributed by atoms with Crippen LogP contribution in [0.15, 0.2) is 42.5 Å². The van der Waals surface area contributed by atoms with Crippen molar-refractivity contribution < 1.29 is 22.7 Å². The molecule has 1 amide bonds. The maximum absolute atomic E-state index is 12.3. The van der Waals surface area contributed by atoms with Crippen molar-refractivity contribution in [2.45, 2.75) is 31.5 Å².